The van der Waals surface area contributed by atoms with Gasteiger partial charge in [0.05, 0.1) is 6.61 Å². The molecule has 18 heavy (non-hydrogen) atoms. The molecule has 1 aromatic carbocycles. The first-order valence-electron chi connectivity index (χ1n) is 5.53. The molecule has 0 aliphatic carbocycles. The monoisotopic (exact) mass is 272 g/mol. The molecule has 1 rings (SSSR count). The van der Waals surface area contributed by atoms with Crippen LogP contribution < -0.4 is 10.6 Å². The van der Waals surface area contributed by atoms with Crippen molar-refractivity contribution < 1.29 is 14.3 Å². The maximum atomic E-state index is 12.7. The van der Waals surface area contributed by atoms with Crippen molar-refractivity contribution in [3.63, 3.8) is 0 Å². The van der Waals surface area contributed by atoms with Crippen LogP contribution in [-0.4, -0.2) is 35.3 Å². The second kappa shape index (κ2) is 7.23. The lowest BCUT2D eigenvalue weighted by Gasteiger charge is -2.21. The van der Waals surface area contributed by atoms with Crippen molar-refractivity contribution in [1.29, 1.82) is 0 Å². The summed E-state index contributed by atoms with van der Waals surface area (Å²) in [5.41, 5.74) is 0.519. The number of anilines is 1. The fourth-order valence-electron chi connectivity index (χ4n) is 1.44. The van der Waals surface area contributed by atoms with Crippen LogP contribution >= 0.6 is 11.8 Å². The van der Waals surface area contributed by atoms with Gasteiger partial charge in [-0.1, -0.05) is 0 Å². The van der Waals surface area contributed by atoms with Crippen LogP contribution in [0.25, 0.3) is 0 Å². The minimum atomic E-state index is -0.374. The quantitative estimate of drug-likeness (QED) is 0.769. The van der Waals surface area contributed by atoms with E-state index in [1.54, 1.807) is 0 Å². The van der Waals surface area contributed by atoms with Crippen LogP contribution in [0, 0.1) is 5.82 Å². The van der Waals surface area contributed by atoms with Gasteiger partial charge in [-0.25, -0.2) is 9.18 Å². The van der Waals surface area contributed by atoms with Gasteiger partial charge in [0, 0.05) is 17.0 Å². The number of halogens is 1. The standard InChI is InChI=1S/C12H17FN2O2S/c1-8(11(7-16)18-2)14-12(17)15-10-5-3-9(13)4-6-10/h3-6,8,11,16H,7H2,1-2H3,(H2,14,15,17). The zero-order valence-electron chi connectivity index (χ0n) is 10.3. The highest BCUT2D eigenvalue weighted by Gasteiger charge is 2.17. The van der Waals surface area contributed by atoms with Crippen molar-refractivity contribution in [2.45, 2.75) is 18.2 Å². The third-order valence-corrected chi connectivity index (χ3v) is 3.66. The summed E-state index contributed by atoms with van der Waals surface area (Å²) in [6.45, 7) is 1.82. The van der Waals surface area contributed by atoms with E-state index >= 15 is 0 Å². The van der Waals surface area contributed by atoms with Crippen molar-refractivity contribution in [3.05, 3.63) is 30.1 Å². The van der Waals surface area contributed by atoms with Crippen molar-refractivity contribution in [2.75, 3.05) is 18.2 Å². The number of urea groups is 1. The van der Waals surface area contributed by atoms with E-state index in [4.69, 9.17) is 5.11 Å². The third kappa shape index (κ3) is 4.54. The zero-order valence-corrected chi connectivity index (χ0v) is 11.1. The summed E-state index contributed by atoms with van der Waals surface area (Å²) in [4.78, 5) is 11.6. The number of carbonyl (C=O) groups is 1. The van der Waals surface area contributed by atoms with Crippen LogP contribution in [0.4, 0.5) is 14.9 Å². The van der Waals surface area contributed by atoms with E-state index in [-0.39, 0.29) is 29.7 Å². The van der Waals surface area contributed by atoms with Gasteiger partial charge in [-0.3, -0.25) is 0 Å². The van der Waals surface area contributed by atoms with Gasteiger partial charge in [0.25, 0.3) is 0 Å². The predicted octanol–water partition coefficient (Wildman–Crippen LogP) is 2.06. The molecule has 2 atom stereocenters. The second-order valence-corrected chi connectivity index (χ2v) is 4.93. The summed E-state index contributed by atoms with van der Waals surface area (Å²) in [5, 5.41) is 14.4. The molecular weight excluding hydrogens is 255 g/mol. The maximum absolute atomic E-state index is 12.7. The van der Waals surface area contributed by atoms with Crippen LogP contribution in [0.15, 0.2) is 24.3 Å². The number of amides is 2. The molecule has 0 fully saturated rings. The first-order chi connectivity index (χ1) is 8.56. The number of thioether (sulfide) groups is 1. The zero-order chi connectivity index (χ0) is 13.5. The SMILES string of the molecule is CSC(CO)C(C)NC(=O)Nc1ccc(F)cc1. The Balaban J connectivity index is 2.48. The minimum absolute atomic E-state index is 0.000832. The third-order valence-electron chi connectivity index (χ3n) is 2.50. The van der Waals surface area contributed by atoms with E-state index < -0.39 is 0 Å². The van der Waals surface area contributed by atoms with Crippen LogP contribution in [-0.2, 0) is 0 Å². The van der Waals surface area contributed by atoms with Gasteiger partial charge >= 0.3 is 6.03 Å². The molecule has 6 heteroatoms. The molecule has 0 spiro atoms. The van der Waals surface area contributed by atoms with Crippen LogP contribution in [0.2, 0.25) is 0 Å². The van der Waals surface area contributed by atoms with E-state index in [0.29, 0.717) is 5.69 Å². The molecule has 100 valence electrons. The molecule has 0 radical (unpaired) electrons. The number of rotatable bonds is 5. The average molecular weight is 272 g/mol. The van der Waals surface area contributed by atoms with Gasteiger partial charge < -0.3 is 15.7 Å². The summed E-state index contributed by atoms with van der Waals surface area (Å²) in [5.74, 6) is -0.350. The predicted molar refractivity (Wildman–Crippen MR) is 72.4 cm³/mol. The smallest absolute Gasteiger partial charge is 0.319 e. The number of benzene rings is 1. The summed E-state index contributed by atoms with van der Waals surface area (Å²) in [6, 6.07) is 4.98. The first-order valence-corrected chi connectivity index (χ1v) is 6.82. The normalized spacial score (nSPS) is 13.8. The molecule has 0 aliphatic rings. The van der Waals surface area contributed by atoms with Gasteiger partial charge in [0.2, 0.25) is 0 Å². The Bertz CT molecular complexity index is 382. The highest BCUT2D eigenvalue weighted by molar-refractivity contribution is 7.99. The van der Waals surface area contributed by atoms with Gasteiger partial charge in [0.1, 0.15) is 5.82 Å². The molecule has 3 N–H and O–H groups in total. The molecule has 0 saturated carbocycles. The molecule has 0 aliphatic heterocycles. The molecular formula is C12H17FN2O2S. The van der Waals surface area contributed by atoms with Crippen molar-refractivity contribution >= 4 is 23.5 Å². The van der Waals surface area contributed by atoms with Crippen LogP contribution in [0.3, 0.4) is 0 Å². The van der Waals surface area contributed by atoms with Gasteiger partial charge in [0.15, 0.2) is 0 Å². The first kappa shape index (κ1) is 14.8. The number of hydrogen-bond donors (Lipinski definition) is 3. The number of nitrogens with one attached hydrogen (secondary N) is 2. The maximum Gasteiger partial charge on any atom is 0.319 e. The summed E-state index contributed by atoms with van der Waals surface area (Å²) < 4.78 is 12.7. The topological polar surface area (TPSA) is 61.4 Å². The summed E-state index contributed by atoms with van der Waals surface area (Å²) >= 11 is 1.49. The van der Waals surface area contributed by atoms with Gasteiger partial charge in [-0.15, -0.1) is 0 Å². The lowest BCUT2D eigenvalue weighted by molar-refractivity contribution is 0.243. The summed E-state index contributed by atoms with van der Waals surface area (Å²) in [7, 11) is 0. The Kier molecular flexibility index (Phi) is 5.94. The van der Waals surface area contributed by atoms with Crippen LogP contribution in [0.5, 0.6) is 0 Å². The van der Waals surface area contributed by atoms with E-state index in [0.717, 1.165) is 0 Å². The fraction of sp³-hybridized carbons (Fsp3) is 0.417. The molecule has 1 aromatic rings. The average Bonchev–Trinajstić information content (AvgIpc) is 2.33. The number of aliphatic hydroxyl groups is 1. The fourth-order valence-corrected chi connectivity index (χ4v) is 2.06. The molecule has 4 nitrogen and oxygen atoms in total. The van der Waals surface area contributed by atoms with E-state index in [9.17, 15) is 9.18 Å². The Labute approximate surface area is 110 Å². The molecule has 2 unspecified atom stereocenters. The second-order valence-electron chi connectivity index (χ2n) is 3.85. The molecule has 0 saturated heterocycles. The van der Waals surface area contributed by atoms with Crippen LogP contribution in [0.1, 0.15) is 6.92 Å². The Morgan fingerprint density at radius 1 is 1.44 bits per heavy atom. The number of aliphatic hydroxyl groups excluding tert-OH is 1. The minimum Gasteiger partial charge on any atom is -0.395 e. The van der Waals surface area contributed by atoms with Crippen molar-refractivity contribution in [2.24, 2.45) is 0 Å². The Hall–Kier alpha value is -1.27. The van der Waals surface area contributed by atoms with Gasteiger partial charge in [-0.2, -0.15) is 11.8 Å². The molecule has 0 bridgehead atoms. The number of hydrogen-bond acceptors (Lipinski definition) is 3. The highest BCUT2D eigenvalue weighted by Crippen LogP contribution is 2.11. The Morgan fingerprint density at radius 3 is 2.56 bits per heavy atom. The lowest BCUT2D eigenvalue weighted by atomic mass is 10.2. The van der Waals surface area contributed by atoms with Gasteiger partial charge in [-0.05, 0) is 37.4 Å². The molecule has 0 aromatic heterocycles. The van der Waals surface area contributed by atoms with E-state index in [1.807, 2.05) is 13.2 Å². The highest BCUT2D eigenvalue weighted by atomic mass is 32.2. The number of carbonyl (C=O) groups excluding carboxylic acids is 1. The van der Waals surface area contributed by atoms with E-state index in [1.165, 1.54) is 36.0 Å². The van der Waals surface area contributed by atoms with Crippen molar-refractivity contribution in [1.82, 2.24) is 5.32 Å². The Morgan fingerprint density at radius 2 is 2.06 bits per heavy atom. The largest absolute Gasteiger partial charge is 0.395 e. The van der Waals surface area contributed by atoms with Crippen molar-refractivity contribution in [3.8, 4) is 0 Å². The molecule has 2 amide bonds. The lowest BCUT2D eigenvalue weighted by Crippen LogP contribution is -2.43. The van der Waals surface area contributed by atoms with E-state index in [2.05, 4.69) is 10.6 Å². The summed E-state index contributed by atoms with van der Waals surface area (Å²) in [6.07, 6.45) is 1.87. The molecule has 0 heterocycles.